The summed E-state index contributed by atoms with van der Waals surface area (Å²) in [7, 11) is 0. The minimum Gasteiger partial charge on any atom is -0.449 e. The molecule has 3 rings (SSSR count). The lowest BCUT2D eigenvalue weighted by molar-refractivity contribution is -0.144. The number of H-pyrrole nitrogens is 1. The van der Waals surface area contributed by atoms with E-state index in [0.717, 1.165) is 16.5 Å². The highest BCUT2D eigenvalue weighted by molar-refractivity contribution is 6.30. The number of nitriles is 1. The number of hydrogen-bond donors (Lipinski definition) is 2. The Labute approximate surface area is 160 Å². The molecule has 0 spiro atoms. The number of nitrogens with zero attached hydrogens (tertiary/aromatic N) is 1. The van der Waals surface area contributed by atoms with Crippen molar-refractivity contribution < 1.29 is 14.3 Å². The van der Waals surface area contributed by atoms with E-state index < -0.39 is 17.9 Å². The molecule has 0 aliphatic heterocycles. The van der Waals surface area contributed by atoms with Crippen molar-refractivity contribution in [3.05, 3.63) is 70.9 Å². The van der Waals surface area contributed by atoms with Gasteiger partial charge in [-0.05, 0) is 35.9 Å². The molecule has 1 atom stereocenters. The number of carbonyl (C=O) groups excluding carboxylic acids is 2. The summed E-state index contributed by atoms with van der Waals surface area (Å²) in [5.74, 6) is -1.09. The molecule has 3 aromatic rings. The fraction of sp³-hybridized carbons (Fsp3) is 0.150. The number of esters is 1. The molecular formula is C20H16ClN3O3. The van der Waals surface area contributed by atoms with Gasteiger partial charge in [0.1, 0.15) is 12.1 Å². The molecule has 0 saturated heterocycles. The number of aromatic nitrogens is 1. The molecule has 0 unspecified atom stereocenters. The van der Waals surface area contributed by atoms with Crippen LogP contribution in [0.1, 0.15) is 15.9 Å². The lowest BCUT2D eigenvalue weighted by Crippen LogP contribution is -2.43. The number of benzene rings is 2. The van der Waals surface area contributed by atoms with Crippen LogP contribution in [0.4, 0.5) is 0 Å². The van der Waals surface area contributed by atoms with Crippen molar-refractivity contribution in [1.29, 1.82) is 5.26 Å². The fourth-order valence-corrected chi connectivity index (χ4v) is 2.89. The molecule has 1 aromatic heterocycles. The normalized spacial score (nSPS) is 11.6. The van der Waals surface area contributed by atoms with Gasteiger partial charge in [0.05, 0.1) is 0 Å². The first-order chi connectivity index (χ1) is 13.1. The molecule has 6 nitrogen and oxygen atoms in total. The van der Waals surface area contributed by atoms with E-state index in [4.69, 9.17) is 21.6 Å². The van der Waals surface area contributed by atoms with Gasteiger partial charge in [0, 0.05) is 34.1 Å². The third kappa shape index (κ3) is 4.46. The van der Waals surface area contributed by atoms with Gasteiger partial charge in [0.15, 0.2) is 6.61 Å². The Bertz CT molecular complexity index is 1010. The third-order valence-corrected chi connectivity index (χ3v) is 4.33. The van der Waals surface area contributed by atoms with Crippen molar-refractivity contribution in [3.63, 3.8) is 0 Å². The zero-order valence-electron chi connectivity index (χ0n) is 14.2. The van der Waals surface area contributed by atoms with Gasteiger partial charge in [-0.3, -0.25) is 4.79 Å². The molecule has 2 N–H and O–H groups in total. The summed E-state index contributed by atoms with van der Waals surface area (Å²) in [5, 5.41) is 12.8. The van der Waals surface area contributed by atoms with E-state index in [9.17, 15) is 9.59 Å². The van der Waals surface area contributed by atoms with E-state index in [1.54, 1.807) is 36.5 Å². The number of aromatic amines is 1. The van der Waals surface area contributed by atoms with Crippen molar-refractivity contribution in [2.45, 2.75) is 12.5 Å². The molecule has 7 heteroatoms. The molecule has 0 aliphatic carbocycles. The lowest BCUT2D eigenvalue weighted by Gasteiger charge is -2.17. The maximum absolute atomic E-state index is 12.5. The highest BCUT2D eigenvalue weighted by Gasteiger charge is 2.24. The second kappa shape index (κ2) is 8.39. The molecular weight excluding hydrogens is 366 g/mol. The van der Waals surface area contributed by atoms with Crippen molar-refractivity contribution >= 4 is 34.4 Å². The standard InChI is InChI=1S/C20H16ClN3O3/c21-15-7-5-13(6-8-15)19(25)24-18(20(26)27-10-9-22)11-14-12-23-17-4-2-1-3-16(14)17/h1-8,12,18,23H,10-11H2,(H,24,25)/t18-/m1/s1. The average Bonchev–Trinajstić information content (AvgIpc) is 3.09. The highest BCUT2D eigenvalue weighted by Crippen LogP contribution is 2.19. The summed E-state index contributed by atoms with van der Waals surface area (Å²) in [6.45, 7) is -0.375. The number of nitrogens with one attached hydrogen (secondary N) is 2. The van der Waals surface area contributed by atoms with Gasteiger partial charge in [-0.2, -0.15) is 5.26 Å². The van der Waals surface area contributed by atoms with Crippen molar-refractivity contribution in [3.8, 4) is 6.07 Å². The Hall–Kier alpha value is -3.30. The molecule has 0 aliphatic rings. The number of carbonyl (C=O) groups is 2. The predicted octanol–water partition coefficient (Wildman–Crippen LogP) is 3.23. The minimum absolute atomic E-state index is 0.230. The van der Waals surface area contributed by atoms with E-state index in [-0.39, 0.29) is 13.0 Å². The lowest BCUT2D eigenvalue weighted by atomic mass is 10.0. The molecule has 0 bridgehead atoms. The Morgan fingerprint density at radius 1 is 1.19 bits per heavy atom. The fourth-order valence-electron chi connectivity index (χ4n) is 2.76. The van der Waals surface area contributed by atoms with E-state index in [0.29, 0.717) is 10.6 Å². The maximum Gasteiger partial charge on any atom is 0.330 e. The van der Waals surface area contributed by atoms with Gasteiger partial charge in [-0.15, -0.1) is 0 Å². The zero-order valence-corrected chi connectivity index (χ0v) is 15.0. The zero-order chi connectivity index (χ0) is 19.2. The second-order valence-electron chi connectivity index (χ2n) is 5.86. The van der Waals surface area contributed by atoms with Crippen LogP contribution in [-0.4, -0.2) is 29.5 Å². The Morgan fingerprint density at radius 2 is 1.93 bits per heavy atom. The van der Waals surface area contributed by atoms with Gasteiger partial charge in [0.2, 0.25) is 0 Å². The van der Waals surface area contributed by atoms with Crippen molar-refractivity contribution in [1.82, 2.24) is 10.3 Å². The number of hydrogen-bond acceptors (Lipinski definition) is 4. The van der Waals surface area contributed by atoms with E-state index in [1.807, 2.05) is 24.3 Å². The predicted molar refractivity (Wildman–Crippen MR) is 101 cm³/mol. The average molecular weight is 382 g/mol. The van der Waals surface area contributed by atoms with Crippen LogP contribution < -0.4 is 5.32 Å². The number of halogens is 1. The van der Waals surface area contributed by atoms with Crippen molar-refractivity contribution in [2.75, 3.05) is 6.61 Å². The largest absolute Gasteiger partial charge is 0.449 e. The second-order valence-corrected chi connectivity index (χ2v) is 6.30. The van der Waals surface area contributed by atoms with Crippen LogP contribution in [-0.2, 0) is 16.0 Å². The van der Waals surface area contributed by atoms with Gasteiger partial charge in [0.25, 0.3) is 5.91 Å². The monoisotopic (exact) mass is 381 g/mol. The number of amides is 1. The first-order valence-corrected chi connectivity index (χ1v) is 8.61. The summed E-state index contributed by atoms with van der Waals surface area (Å²) >= 11 is 5.84. The molecule has 136 valence electrons. The van der Waals surface area contributed by atoms with Crippen LogP contribution in [0, 0.1) is 11.3 Å². The maximum atomic E-state index is 12.5. The first kappa shape index (κ1) is 18.5. The molecule has 0 radical (unpaired) electrons. The summed E-state index contributed by atoms with van der Waals surface area (Å²) in [6.07, 6.45) is 2.03. The quantitative estimate of drug-likeness (QED) is 0.641. The smallest absolute Gasteiger partial charge is 0.330 e. The molecule has 1 heterocycles. The van der Waals surface area contributed by atoms with Gasteiger partial charge in [-0.1, -0.05) is 29.8 Å². The summed E-state index contributed by atoms with van der Waals surface area (Å²) in [5.41, 5.74) is 2.16. The molecule has 2 aromatic carbocycles. The van der Waals surface area contributed by atoms with Crippen LogP contribution in [0.5, 0.6) is 0 Å². The first-order valence-electron chi connectivity index (χ1n) is 8.23. The molecule has 0 saturated carbocycles. The minimum atomic E-state index is -0.930. The Balaban J connectivity index is 1.82. The highest BCUT2D eigenvalue weighted by atomic mass is 35.5. The van der Waals surface area contributed by atoms with Crippen molar-refractivity contribution in [2.24, 2.45) is 0 Å². The molecule has 0 fully saturated rings. The van der Waals surface area contributed by atoms with Crippen LogP contribution in [0.25, 0.3) is 10.9 Å². The van der Waals surface area contributed by atoms with Crippen LogP contribution in [0.15, 0.2) is 54.7 Å². The van der Waals surface area contributed by atoms with Crippen LogP contribution in [0.3, 0.4) is 0 Å². The molecule has 27 heavy (non-hydrogen) atoms. The van der Waals surface area contributed by atoms with E-state index in [1.165, 1.54) is 0 Å². The van der Waals surface area contributed by atoms with E-state index in [2.05, 4.69) is 10.3 Å². The number of fused-ring (bicyclic) bond motifs is 1. The number of para-hydroxylation sites is 1. The van der Waals surface area contributed by atoms with Crippen LogP contribution in [0.2, 0.25) is 5.02 Å². The third-order valence-electron chi connectivity index (χ3n) is 4.07. The SMILES string of the molecule is N#CCOC(=O)[C@@H](Cc1c[nH]c2ccccc12)NC(=O)c1ccc(Cl)cc1. The summed E-state index contributed by atoms with van der Waals surface area (Å²) in [4.78, 5) is 28.0. The van der Waals surface area contributed by atoms with Crippen LogP contribution >= 0.6 is 11.6 Å². The summed E-state index contributed by atoms with van der Waals surface area (Å²) in [6, 6.07) is 14.8. The summed E-state index contributed by atoms with van der Waals surface area (Å²) < 4.78 is 4.92. The topological polar surface area (TPSA) is 95.0 Å². The number of ether oxygens (including phenoxy) is 1. The van der Waals surface area contributed by atoms with Gasteiger partial charge in [-0.25, -0.2) is 4.79 Å². The molecule has 1 amide bonds. The van der Waals surface area contributed by atoms with Gasteiger partial charge >= 0.3 is 5.97 Å². The Kier molecular flexibility index (Phi) is 5.74. The Morgan fingerprint density at radius 3 is 2.67 bits per heavy atom. The van der Waals surface area contributed by atoms with Gasteiger partial charge < -0.3 is 15.0 Å². The number of rotatable bonds is 6. The van der Waals surface area contributed by atoms with E-state index >= 15 is 0 Å².